The number of unbranched alkanes of at least 4 members (excludes halogenated alkanes) is 1. The summed E-state index contributed by atoms with van der Waals surface area (Å²) in [5.41, 5.74) is 2.12. The normalized spacial score (nSPS) is 22.1. The van der Waals surface area contributed by atoms with Crippen molar-refractivity contribution in [3.63, 3.8) is 0 Å². The molecule has 24 heavy (non-hydrogen) atoms. The maximum atomic E-state index is 13.3. The third-order valence-corrected chi connectivity index (χ3v) is 5.71. The lowest BCUT2D eigenvalue weighted by Crippen LogP contribution is -2.43. The number of amidine groups is 1. The quantitative estimate of drug-likeness (QED) is 0.783. The van der Waals surface area contributed by atoms with Crippen LogP contribution in [0.15, 0.2) is 64.5 Å². The van der Waals surface area contributed by atoms with Gasteiger partial charge in [0.1, 0.15) is 0 Å². The Kier molecular flexibility index (Phi) is 4.15. The van der Waals surface area contributed by atoms with Gasteiger partial charge in [0.05, 0.1) is 17.6 Å². The molecule has 0 saturated heterocycles. The number of thioether (sulfide) groups is 1. The van der Waals surface area contributed by atoms with E-state index in [1.165, 1.54) is 0 Å². The molecule has 2 heterocycles. The second kappa shape index (κ2) is 6.44. The number of hydrogen-bond donors (Lipinski definition) is 0. The van der Waals surface area contributed by atoms with Crippen LogP contribution in [0.25, 0.3) is 0 Å². The average molecular weight is 336 g/mol. The van der Waals surface area contributed by atoms with Crippen LogP contribution in [0, 0.1) is 5.92 Å². The molecule has 2 aromatic carbocycles. The zero-order valence-electron chi connectivity index (χ0n) is 13.7. The lowest BCUT2D eigenvalue weighted by Gasteiger charge is -2.33. The third-order valence-electron chi connectivity index (χ3n) is 4.68. The average Bonchev–Trinajstić information content (AvgIpc) is 3.00. The summed E-state index contributed by atoms with van der Waals surface area (Å²) in [4.78, 5) is 21.2. The van der Waals surface area contributed by atoms with E-state index in [9.17, 15) is 4.79 Å². The van der Waals surface area contributed by atoms with E-state index in [1.807, 2.05) is 41.3 Å². The van der Waals surface area contributed by atoms with Crippen molar-refractivity contribution in [3.05, 3.63) is 60.2 Å². The number of anilines is 1. The fourth-order valence-corrected chi connectivity index (χ4v) is 4.50. The van der Waals surface area contributed by atoms with Gasteiger partial charge in [-0.3, -0.25) is 14.7 Å². The van der Waals surface area contributed by atoms with Crippen LogP contribution in [0.1, 0.15) is 37.8 Å². The van der Waals surface area contributed by atoms with Crippen LogP contribution >= 0.6 is 11.8 Å². The van der Waals surface area contributed by atoms with Crippen molar-refractivity contribution < 1.29 is 4.79 Å². The highest BCUT2D eigenvalue weighted by Crippen LogP contribution is 2.47. The van der Waals surface area contributed by atoms with Gasteiger partial charge in [0.2, 0.25) is 5.91 Å². The molecule has 4 rings (SSSR count). The van der Waals surface area contributed by atoms with Crippen LogP contribution < -0.4 is 4.90 Å². The number of aliphatic imine (C=N–C) groups is 1. The summed E-state index contributed by atoms with van der Waals surface area (Å²) in [5, 5.41) is 0.822. The number of rotatable bonds is 4. The standard InChI is InChI=1S/C20H20N2OS/c1-2-3-11-15-18(14-9-5-4-6-10-14)21-20-22(19(15)23)16-12-7-8-13-17(16)24-20/h4-10,12-13,15,18H,2-3,11H2,1H3/t15-,18+/m0/s1. The van der Waals surface area contributed by atoms with E-state index < -0.39 is 0 Å². The van der Waals surface area contributed by atoms with Crippen LogP contribution in [0.2, 0.25) is 0 Å². The molecule has 0 saturated carbocycles. The van der Waals surface area contributed by atoms with Crippen LogP contribution in [-0.4, -0.2) is 11.1 Å². The summed E-state index contributed by atoms with van der Waals surface area (Å²) >= 11 is 1.60. The maximum Gasteiger partial charge on any atom is 0.238 e. The molecule has 0 radical (unpaired) electrons. The van der Waals surface area contributed by atoms with Crippen molar-refractivity contribution in [3.8, 4) is 0 Å². The van der Waals surface area contributed by atoms with Crippen LogP contribution in [0.5, 0.6) is 0 Å². The lowest BCUT2D eigenvalue weighted by molar-refractivity contribution is -0.122. The molecule has 0 spiro atoms. The number of benzene rings is 2. The number of carbonyl (C=O) groups excluding carboxylic acids is 1. The maximum absolute atomic E-state index is 13.3. The molecule has 2 aliphatic heterocycles. The Bertz CT molecular complexity index is 787. The van der Waals surface area contributed by atoms with Crippen LogP contribution in [-0.2, 0) is 4.79 Å². The molecule has 2 aromatic rings. The summed E-state index contributed by atoms with van der Waals surface area (Å²) in [5.74, 6) is 0.114. The van der Waals surface area contributed by atoms with Gasteiger partial charge >= 0.3 is 0 Å². The van der Waals surface area contributed by atoms with Crippen LogP contribution in [0.4, 0.5) is 5.69 Å². The molecule has 3 nitrogen and oxygen atoms in total. The molecule has 0 N–H and O–H groups in total. The first-order valence-corrected chi connectivity index (χ1v) is 9.35. The van der Waals surface area contributed by atoms with Crippen LogP contribution in [0.3, 0.4) is 0 Å². The van der Waals surface area contributed by atoms with Crippen molar-refractivity contribution >= 4 is 28.5 Å². The monoisotopic (exact) mass is 336 g/mol. The minimum absolute atomic E-state index is 0.0710. The van der Waals surface area contributed by atoms with Gasteiger partial charge in [-0.2, -0.15) is 0 Å². The van der Waals surface area contributed by atoms with Gasteiger partial charge in [-0.1, -0.05) is 62.2 Å². The molecule has 0 unspecified atom stereocenters. The van der Waals surface area contributed by atoms with E-state index in [2.05, 4.69) is 25.1 Å². The first-order chi connectivity index (χ1) is 11.8. The fraction of sp³-hybridized carbons (Fsp3) is 0.300. The van der Waals surface area contributed by atoms with Crippen molar-refractivity contribution in [2.75, 3.05) is 4.90 Å². The van der Waals surface area contributed by atoms with Gasteiger partial charge in [0.25, 0.3) is 0 Å². The van der Waals surface area contributed by atoms with Gasteiger partial charge in [-0.25, -0.2) is 0 Å². The first kappa shape index (κ1) is 15.5. The molecular weight excluding hydrogens is 316 g/mol. The summed E-state index contributed by atoms with van der Waals surface area (Å²) in [7, 11) is 0. The first-order valence-electron chi connectivity index (χ1n) is 8.53. The second-order valence-corrected chi connectivity index (χ2v) is 7.27. The summed E-state index contributed by atoms with van der Waals surface area (Å²) in [6, 6.07) is 18.2. The summed E-state index contributed by atoms with van der Waals surface area (Å²) in [6.07, 6.45) is 3.02. The molecule has 4 heteroatoms. The number of amides is 1. The third kappa shape index (κ3) is 2.55. The van der Waals surface area contributed by atoms with E-state index in [1.54, 1.807) is 11.8 Å². The number of para-hydroxylation sites is 1. The van der Waals surface area contributed by atoms with Crippen molar-refractivity contribution in [1.82, 2.24) is 0 Å². The Morgan fingerprint density at radius 3 is 2.62 bits per heavy atom. The van der Waals surface area contributed by atoms with E-state index >= 15 is 0 Å². The smallest absolute Gasteiger partial charge is 0.238 e. The van der Waals surface area contributed by atoms with Crippen molar-refractivity contribution in [1.29, 1.82) is 0 Å². The minimum atomic E-state index is -0.0807. The van der Waals surface area contributed by atoms with Gasteiger partial charge in [-0.05, 0) is 35.9 Å². The molecular formula is C20H20N2OS. The van der Waals surface area contributed by atoms with Gasteiger partial charge < -0.3 is 0 Å². The summed E-state index contributed by atoms with van der Waals surface area (Å²) < 4.78 is 0. The zero-order valence-corrected chi connectivity index (χ0v) is 14.5. The van der Waals surface area contributed by atoms with Gasteiger partial charge in [-0.15, -0.1) is 0 Å². The molecule has 0 aromatic heterocycles. The Morgan fingerprint density at radius 1 is 1.08 bits per heavy atom. The molecule has 122 valence electrons. The largest absolute Gasteiger partial charge is 0.274 e. The van der Waals surface area contributed by atoms with Gasteiger partial charge in [0, 0.05) is 4.90 Å². The molecule has 1 amide bonds. The molecule has 0 fully saturated rings. The Hall–Kier alpha value is -2.07. The van der Waals surface area contributed by atoms with E-state index in [4.69, 9.17) is 4.99 Å². The van der Waals surface area contributed by atoms with E-state index in [0.717, 1.165) is 40.6 Å². The highest BCUT2D eigenvalue weighted by molar-refractivity contribution is 8.15. The predicted molar refractivity (Wildman–Crippen MR) is 99.4 cm³/mol. The molecule has 2 atom stereocenters. The summed E-state index contributed by atoms with van der Waals surface area (Å²) in [6.45, 7) is 2.17. The zero-order chi connectivity index (χ0) is 16.5. The van der Waals surface area contributed by atoms with Crippen molar-refractivity contribution in [2.24, 2.45) is 10.9 Å². The second-order valence-electron chi connectivity index (χ2n) is 6.26. The Balaban J connectivity index is 1.77. The lowest BCUT2D eigenvalue weighted by atomic mass is 9.87. The van der Waals surface area contributed by atoms with E-state index in [0.29, 0.717) is 0 Å². The highest BCUT2D eigenvalue weighted by atomic mass is 32.2. The highest BCUT2D eigenvalue weighted by Gasteiger charge is 2.43. The van der Waals surface area contributed by atoms with E-state index in [-0.39, 0.29) is 17.9 Å². The molecule has 0 bridgehead atoms. The topological polar surface area (TPSA) is 32.7 Å². The SMILES string of the molecule is CCCC[C@@H]1C(=O)N2C(=N[C@@H]1c1ccccc1)Sc1ccccc12. The minimum Gasteiger partial charge on any atom is -0.274 e. The Morgan fingerprint density at radius 2 is 1.83 bits per heavy atom. The number of hydrogen-bond acceptors (Lipinski definition) is 3. The fourth-order valence-electron chi connectivity index (χ4n) is 3.44. The Labute approximate surface area is 146 Å². The number of fused-ring (bicyclic) bond motifs is 3. The number of nitrogens with zero attached hydrogens (tertiary/aromatic N) is 2. The molecule has 2 aliphatic rings. The molecule has 0 aliphatic carbocycles. The van der Waals surface area contributed by atoms with Gasteiger partial charge in [0.15, 0.2) is 5.17 Å². The predicted octanol–water partition coefficient (Wildman–Crippen LogP) is 5.04. The number of carbonyl (C=O) groups is 1. The van der Waals surface area contributed by atoms with Crippen molar-refractivity contribution in [2.45, 2.75) is 37.1 Å².